The molecule has 0 amide bonds. The molecule has 2 aromatic rings. The van der Waals surface area contributed by atoms with Crippen LogP contribution < -0.4 is 0 Å². The molecule has 0 saturated carbocycles. The lowest BCUT2D eigenvalue weighted by Gasteiger charge is -2.01. The molecule has 0 bridgehead atoms. The minimum absolute atomic E-state index is 0.488. The Morgan fingerprint density at radius 1 is 1.29 bits per heavy atom. The maximum Gasteiger partial charge on any atom is 0.153 e. The van der Waals surface area contributed by atoms with Crippen LogP contribution >= 0.6 is 23.4 Å². The number of benzene rings is 1. The lowest BCUT2D eigenvalue weighted by molar-refractivity contribution is 0.112. The molecule has 0 saturated heterocycles. The second-order valence-electron chi connectivity index (χ2n) is 3.30. The highest BCUT2D eigenvalue weighted by atomic mass is 35.5. The number of hydrogen-bond donors (Lipinski definition) is 0. The lowest BCUT2D eigenvalue weighted by Crippen LogP contribution is -1.93. The first-order chi connectivity index (χ1) is 8.28. The van der Waals surface area contributed by atoms with Crippen molar-refractivity contribution in [2.45, 2.75) is 10.6 Å². The summed E-state index contributed by atoms with van der Waals surface area (Å²) in [6, 6.07) is 7.62. The van der Waals surface area contributed by atoms with E-state index in [1.807, 2.05) is 24.3 Å². The first kappa shape index (κ1) is 12.1. The van der Waals surface area contributed by atoms with Gasteiger partial charge in [-0.15, -0.1) is 11.8 Å². The Morgan fingerprint density at radius 3 is 2.71 bits per heavy atom. The molecular formula is C12H9ClN2OS. The summed E-state index contributed by atoms with van der Waals surface area (Å²) in [6.45, 7) is 0. The van der Waals surface area contributed by atoms with Gasteiger partial charge in [0, 0.05) is 22.3 Å². The number of nitrogens with zero attached hydrogens (tertiary/aromatic N) is 2. The van der Waals surface area contributed by atoms with E-state index in [-0.39, 0.29) is 0 Å². The number of halogens is 1. The van der Waals surface area contributed by atoms with Gasteiger partial charge < -0.3 is 0 Å². The van der Waals surface area contributed by atoms with Crippen LogP contribution in [-0.2, 0) is 5.75 Å². The van der Waals surface area contributed by atoms with Crippen molar-refractivity contribution in [2.75, 3.05) is 0 Å². The highest BCUT2D eigenvalue weighted by Gasteiger charge is 2.00. The summed E-state index contributed by atoms with van der Waals surface area (Å²) in [6.07, 6.45) is 3.77. The molecule has 86 valence electrons. The van der Waals surface area contributed by atoms with Crippen LogP contribution in [-0.4, -0.2) is 16.3 Å². The van der Waals surface area contributed by atoms with Gasteiger partial charge in [0.1, 0.15) is 5.82 Å². The summed E-state index contributed by atoms with van der Waals surface area (Å²) in [5, 5.41) is 0.715. The standard InChI is InChI=1S/C12H9ClN2OS/c13-10-2-1-3-11(4-10)17-8-12-14-5-9(7-16)6-15-12/h1-7H,8H2. The molecular weight excluding hydrogens is 256 g/mol. The number of carbonyl (C=O) groups excluding carboxylic acids is 1. The Hall–Kier alpha value is -1.39. The van der Waals surface area contributed by atoms with Crippen molar-refractivity contribution in [1.29, 1.82) is 0 Å². The molecule has 0 fully saturated rings. The van der Waals surface area contributed by atoms with Crippen LogP contribution in [0.25, 0.3) is 0 Å². The van der Waals surface area contributed by atoms with E-state index in [1.54, 1.807) is 11.8 Å². The fraction of sp³-hybridized carbons (Fsp3) is 0.0833. The van der Waals surface area contributed by atoms with E-state index >= 15 is 0 Å². The van der Waals surface area contributed by atoms with Crippen LogP contribution in [0, 0.1) is 0 Å². The number of thioether (sulfide) groups is 1. The largest absolute Gasteiger partial charge is 0.298 e. The molecule has 0 aliphatic rings. The molecule has 1 heterocycles. The van der Waals surface area contributed by atoms with Crippen molar-refractivity contribution in [2.24, 2.45) is 0 Å². The van der Waals surface area contributed by atoms with Crippen LogP contribution in [0.5, 0.6) is 0 Å². The Kier molecular flexibility index (Phi) is 4.12. The summed E-state index contributed by atoms with van der Waals surface area (Å²) in [4.78, 5) is 19.7. The van der Waals surface area contributed by atoms with Gasteiger partial charge in [0.25, 0.3) is 0 Å². The topological polar surface area (TPSA) is 42.9 Å². The van der Waals surface area contributed by atoms with Crippen LogP contribution in [0.1, 0.15) is 16.2 Å². The van der Waals surface area contributed by atoms with E-state index in [4.69, 9.17) is 11.6 Å². The average molecular weight is 265 g/mol. The van der Waals surface area contributed by atoms with Gasteiger partial charge in [0.2, 0.25) is 0 Å². The second kappa shape index (κ2) is 5.80. The van der Waals surface area contributed by atoms with Gasteiger partial charge >= 0.3 is 0 Å². The minimum atomic E-state index is 0.488. The molecule has 1 aromatic heterocycles. The molecule has 1 aromatic carbocycles. The molecule has 0 N–H and O–H groups in total. The van der Waals surface area contributed by atoms with Gasteiger partial charge in [-0.25, -0.2) is 9.97 Å². The normalized spacial score (nSPS) is 10.2. The van der Waals surface area contributed by atoms with Crippen molar-refractivity contribution in [3.05, 3.63) is 53.1 Å². The van der Waals surface area contributed by atoms with Crippen LogP contribution in [0.2, 0.25) is 5.02 Å². The zero-order valence-corrected chi connectivity index (χ0v) is 10.4. The fourth-order valence-corrected chi connectivity index (χ4v) is 2.29. The Bertz CT molecular complexity index is 516. The van der Waals surface area contributed by atoms with Crippen molar-refractivity contribution >= 4 is 29.6 Å². The van der Waals surface area contributed by atoms with Crippen molar-refractivity contribution in [3.63, 3.8) is 0 Å². The number of hydrogen-bond acceptors (Lipinski definition) is 4. The summed E-state index contributed by atoms with van der Waals surface area (Å²) in [7, 11) is 0. The number of aldehydes is 1. The van der Waals surface area contributed by atoms with Gasteiger partial charge in [-0.2, -0.15) is 0 Å². The smallest absolute Gasteiger partial charge is 0.153 e. The first-order valence-electron chi connectivity index (χ1n) is 4.92. The molecule has 5 heteroatoms. The summed E-state index contributed by atoms with van der Waals surface area (Å²) < 4.78 is 0. The maximum atomic E-state index is 10.4. The predicted molar refractivity (Wildman–Crippen MR) is 68.4 cm³/mol. The third-order valence-electron chi connectivity index (χ3n) is 2.03. The van der Waals surface area contributed by atoms with Gasteiger partial charge in [-0.1, -0.05) is 17.7 Å². The SMILES string of the molecule is O=Cc1cnc(CSc2cccc(Cl)c2)nc1. The minimum Gasteiger partial charge on any atom is -0.298 e. The lowest BCUT2D eigenvalue weighted by atomic mass is 10.4. The van der Waals surface area contributed by atoms with Crippen molar-refractivity contribution in [1.82, 2.24) is 9.97 Å². The molecule has 0 unspecified atom stereocenters. The fourth-order valence-electron chi connectivity index (χ4n) is 1.20. The van der Waals surface area contributed by atoms with E-state index in [0.717, 1.165) is 11.2 Å². The average Bonchev–Trinajstić information content (AvgIpc) is 2.37. The Morgan fingerprint density at radius 2 is 2.06 bits per heavy atom. The van der Waals surface area contributed by atoms with Gasteiger partial charge in [-0.3, -0.25) is 4.79 Å². The third kappa shape index (κ3) is 3.54. The third-order valence-corrected chi connectivity index (χ3v) is 3.25. The number of aromatic nitrogens is 2. The molecule has 2 rings (SSSR count). The van der Waals surface area contributed by atoms with E-state index < -0.39 is 0 Å². The van der Waals surface area contributed by atoms with Crippen molar-refractivity contribution in [3.8, 4) is 0 Å². The van der Waals surface area contributed by atoms with Crippen LogP contribution in [0.15, 0.2) is 41.6 Å². The quantitative estimate of drug-likeness (QED) is 0.628. The highest BCUT2D eigenvalue weighted by molar-refractivity contribution is 7.98. The zero-order valence-electron chi connectivity index (χ0n) is 8.84. The molecule has 0 aliphatic carbocycles. The molecule has 0 spiro atoms. The second-order valence-corrected chi connectivity index (χ2v) is 4.78. The Balaban J connectivity index is 1.99. The van der Waals surface area contributed by atoms with Gasteiger partial charge in [0.15, 0.2) is 6.29 Å². The molecule has 17 heavy (non-hydrogen) atoms. The van der Waals surface area contributed by atoms with E-state index in [2.05, 4.69) is 9.97 Å². The van der Waals surface area contributed by atoms with E-state index in [9.17, 15) is 4.79 Å². The summed E-state index contributed by atoms with van der Waals surface area (Å²) in [5.41, 5.74) is 0.488. The monoisotopic (exact) mass is 264 g/mol. The molecule has 0 radical (unpaired) electrons. The highest BCUT2D eigenvalue weighted by Crippen LogP contribution is 2.23. The van der Waals surface area contributed by atoms with Gasteiger partial charge in [0.05, 0.1) is 11.3 Å². The van der Waals surface area contributed by atoms with Crippen molar-refractivity contribution < 1.29 is 4.79 Å². The molecule has 0 atom stereocenters. The summed E-state index contributed by atoms with van der Waals surface area (Å²) in [5.74, 6) is 1.35. The maximum absolute atomic E-state index is 10.4. The molecule has 0 aliphatic heterocycles. The van der Waals surface area contributed by atoms with Gasteiger partial charge in [-0.05, 0) is 18.2 Å². The van der Waals surface area contributed by atoms with Crippen LogP contribution in [0.4, 0.5) is 0 Å². The van der Waals surface area contributed by atoms with E-state index in [1.165, 1.54) is 12.4 Å². The number of rotatable bonds is 4. The van der Waals surface area contributed by atoms with Crippen LogP contribution in [0.3, 0.4) is 0 Å². The summed E-state index contributed by atoms with van der Waals surface area (Å²) >= 11 is 7.49. The molecule has 3 nitrogen and oxygen atoms in total. The number of carbonyl (C=O) groups is 1. The zero-order chi connectivity index (χ0) is 12.1. The first-order valence-corrected chi connectivity index (χ1v) is 6.29. The van der Waals surface area contributed by atoms with E-state index in [0.29, 0.717) is 22.2 Å². The Labute approximate surface area is 108 Å². The predicted octanol–water partition coefficient (Wildman–Crippen LogP) is 3.23.